The van der Waals surface area contributed by atoms with Crippen LogP contribution in [0.5, 0.6) is 0 Å². The van der Waals surface area contributed by atoms with Crippen molar-refractivity contribution >= 4 is 11.6 Å². The first kappa shape index (κ1) is 19.8. The Kier molecular flexibility index (Phi) is 5.74. The van der Waals surface area contributed by atoms with Gasteiger partial charge in [-0.2, -0.15) is 0 Å². The molecular formula is C22H25ClO5. The highest BCUT2D eigenvalue weighted by atomic mass is 35.5. The van der Waals surface area contributed by atoms with E-state index in [0.29, 0.717) is 22.9 Å². The second-order valence-corrected chi connectivity index (χ2v) is 8.20. The van der Waals surface area contributed by atoms with Gasteiger partial charge in [0.05, 0.1) is 6.61 Å². The third-order valence-corrected chi connectivity index (χ3v) is 6.08. The van der Waals surface area contributed by atoms with Crippen molar-refractivity contribution in [1.29, 1.82) is 0 Å². The van der Waals surface area contributed by atoms with Crippen LogP contribution in [0.4, 0.5) is 0 Å². The van der Waals surface area contributed by atoms with Crippen LogP contribution in [0, 0.1) is 0 Å². The molecule has 1 saturated carbocycles. The maximum atomic E-state index is 10.4. The Bertz CT molecular complexity index is 818. The number of ether oxygens (including phenoxy) is 1. The lowest BCUT2D eigenvalue weighted by molar-refractivity contribution is -0.231. The third kappa shape index (κ3) is 3.96. The fourth-order valence-electron chi connectivity index (χ4n) is 3.83. The first-order chi connectivity index (χ1) is 13.5. The average molecular weight is 405 g/mol. The summed E-state index contributed by atoms with van der Waals surface area (Å²) in [7, 11) is 0. The van der Waals surface area contributed by atoms with E-state index in [-0.39, 0.29) is 0 Å². The Balaban J connectivity index is 1.56. The van der Waals surface area contributed by atoms with E-state index < -0.39 is 37.1 Å². The van der Waals surface area contributed by atoms with Crippen LogP contribution in [-0.2, 0) is 11.2 Å². The van der Waals surface area contributed by atoms with Crippen LogP contribution in [0.15, 0.2) is 42.5 Å². The Morgan fingerprint density at radius 2 is 1.57 bits per heavy atom. The summed E-state index contributed by atoms with van der Waals surface area (Å²) in [5.41, 5.74) is 4.04. The largest absolute Gasteiger partial charge is 0.394 e. The van der Waals surface area contributed by atoms with Gasteiger partial charge in [0, 0.05) is 5.02 Å². The normalized spacial score (nSPS) is 30.4. The van der Waals surface area contributed by atoms with Gasteiger partial charge in [0.15, 0.2) is 0 Å². The molecule has 0 spiro atoms. The van der Waals surface area contributed by atoms with Crippen molar-refractivity contribution in [3.63, 3.8) is 0 Å². The van der Waals surface area contributed by atoms with Gasteiger partial charge >= 0.3 is 0 Å². The minimum atomic E-state index is -1.40. The summed E-state index contributed by atoms with van der Waals surface area (Å²) in [4.78, 5) is 0. The van der Waals surface area contributed by atoms with Crippen LogP contribution in [-0.4, -0.2) is 51.4 Å². The quantitative estimate of drug-likeness (QED) is 0.614. The summed E-state index contributed by atoms with van der Waals surface area (Å²) in [6, 6.07) is 13.9. The number of hydrogen-bond acceptors (Lipinski definition) is 5. The van der Waals surface area contributed by atoms with E-state index in [9.17, 15) is 20.4 Å². The lowest BCUT2D eigenvalue weighted by atomic mass is 9.90. The molecule has 5 nitrogen and oxygen atoms in total. The zero-order chi connectivity index (χ0) is 19.8. The predicted octanol–water partition coefficient (Wildman–Crippen LogP) is 2.32. The molecule has 4 rings (SSSR count). The van der Waals surface area contributed by atoms with Crippen LogP contribution in [0.3, 0.4) is 0 Å². The monoisotopic (exact) mass is 404 g/mol. The van der Waals surface area contributed by atoms with Gasteiger partial charge in [0.25, 0.3) is 0 Å². The summed E-state index contributed by atoms with van der Waals surface area (Å²) in [5, 5.41) is 40.4. The summed E-state index contributed by atoms with van der Waals surface area (Å²) in [6.07, 6.45) is -2.68. The Labute approximate surface area is 169 Å². The molecule has 1 aliphatic carbocycles. The van der Waals surface area contributed by atoms with E-state index in [0.717, 1.165) is 11.1 Å². The molecule has 1 aliphatic heterocycles. The van der Waals surface area contributed by atoms with E-state index in [1.807, 2.05) is 6.07 Å². The molecule has 5 atom stereocenters. The number of rotatable bonds is 5. The molecule has 2 aromatic rings. The molecule has 6 heteroatoms. The van der Waals surface area contributed by atoms with Gasteiger partial charge in [-0.15, -0.1) is 0 Å². The van der Waals surface area contributed by atoms with Crippen LogP contribution < -0.4 is 0 Å². The number of halogens is 1. The highest BCUT2D eigenvalue weighted by molar-refractivity contribution is 6.31. The fourth-order valence-corrected chi connectivity index (χ4v) is 4.01. The lowest BCUT2D eigenvalue weighted by Crippen LogP contribution is -2.55. The van der Waals surface area contributed by atoms with Crippen LogP contribution in [0.1, 0.15) is 47.1 Å². The van der Waals surface area contributed by atoms with Gasteiger partial charge < -0.3 is 25.2 Å². The van der Waals surface area contributed by atoms with Crippen molar-refractivity contribution in [3.8, 4) is 0 Å². The van der Waals surface area contributed by atoms with E-state index in [1.54, 1.807) is 12.1 Å². The van der Waals surface area contributed by atoms with Crippen molar-refractivity contribution < 1.29 is 25.2 Å². The average Bonchev–Trinajstić information content (AvgIpc) is 3.54. The van der Waals surface area contributed by atoms with Gasteiger partial charge in [0.2, 0.25) is 0 Å². The van der Waals surface area contributed by atoms with Crippen molar-refractivity contribution in [2.24, 2.45) is 0 Å². The zero-order valence-corrected chi connectivity index (χ0v) is 16.2. The summed E-state index contributed by atoms with van der Waals surface area (Å²) < 4.78 is 5.66. The molecule has 4 N–H and O–H groups in total. The molecule has 0 aromatic heterocycles. The summed E-state index contributed by atoms with van der Waals surface area (Å²) in [6.45, 7) is -0.449. The maximum absolute atomic E-state index is 10.4. The van der Waals surface area contributed by atoms with Crippen molar-refractivity contribution in [2.75, 3.05) is 6.61 Å². The molecule has 0 unspecified atom stereocenters. The van der Waals surface area contributed by atoms with E-state index in [2.05, 4.69) is 24.3 Å². The zero-order valence-electron chi connectivity index (χ0n) is 15.4. The maximum Gasteiger partial charge on any atom is 0.113 e. The van der Waals surface area contributed by atoms with Crippen LogP contribution >= 0.6 is 11.6 Å². The first-order valence-electron chi connectivity index (χ1n) is 9.65. The Hall–Kier alpha value is -1.47. The standard InChI is InChI=1S/C22H25ClO5/c23-17-8-7-15(22-21(27)20(26)19(25)18(11-24)28-22)10-16(17)9-12-1-3-13(4-2-12)14-5-6-14/h1-4,7-8,10,14,18-22,24-27H,5-6,9,11H2/t18-,19-,20+,21-,22+/m1/s1. The van der Waals surface area contributed by atoms with Gasteiger partial charge in [-0.3, -0.25) is 0 Å². The number of benzene rings is 2. The molecule has 0 radical (unpaired) electrons. The summed E-state index contributed by atoms with van der Waals surface area (Å²) >= 11 is 6.39. The van der Waals surface area contributed by atoms with Gasteiger partial charge in [0.1, 0.15) is 30.5 Å². The number of aliphatic hydroxyl groups is 4. The van der Waals surface area contributed by atoms with Gasteiger partial charge in [-0.1, -0.05) is 48.0 Å². The topological polar surface area (TPSA) is 90.2 Å². The van der Waals surface area contributed by atoms with E-state index in [4.69, 9.17) is 16.3 Å². The molecular weight excluding hydrogens is 380 g/mol. The van der Waals surface area contributed by atoms with Crippen molar-refractivity contribution in [2.45, 2.75) is 55.7 Å². The second-order valence-electron chi connectivity index (χ2n) is 7.79. The number of hydrogen-bond donors (Lipinski definition) is 4. The molecule has 1 saturated heterocycles. The summed E-state index contributed by atoms with van der Waals surface area (Å²) in [5.74, 6) is 0.715. The molecule has 0 bridgehead atoms. The van der Waals surface area contributed by atoms with Crippen molar-refractivity contribution in [1.82, 2.24) is 0 Å². The van der Waals surface area contributed by atoms with Gasteiger partial charge in [-0.05, 0) is 53.5 Å². The fraction of sp³-hybridized carbons (Fsp3) is 0.455. The van der Waals surface area contributed by atoms with Crippen LogP contribution in [0.2, 0.25) is 5.02 Å². The predicted molar refractivity (Wildman–Crippen MR) is 105 cm³/mol. The minimum absolute atomic E-state index is 0.449. The molecule has 2 fully saturated rings. The van der Waals surface area contributed by atoms with Gasteiger partial charge in [-0.25, -0.2) is 0 Å². The van der Waals surface area contributed by atoms with Crippen LogP contribution in [0.25, 0.3) is 0 Å². The van der Waals surface area contributed by atoms with E-state index >= 15 is 0 Å². The molecule has 2 aromatic carbocycles. The molecule has 1 heterocycles. The highest BCUT2D eigenvalue weighted by Gasteiger charge is 2.44. The molecule has 150 valence electrons. The minimum Gasteiger partial charge on any atom is -0.394 e. The van der Waals surface area contributed by atoms with E-state index in [1.165, 1.54) is 18.4 Å². The Morgan fingerprint density at radius 1 is 0.893 bits per heavy atom. The molecule has 28 heavy (non-hydrogen) atoms. The smallest absolute Gasteiger partial charge is 0.113 e. The van der Waals surface area contributed by atoms with Crippen molar-refractivity contribution in [3.05, 3.63) is 69.7 Å². The SMILES string of the molecule is OC[C@H]1O[C@@H](c2ccc(Cl)c(Cc3ccc(C4CC4)cc3)c2)[C@H](O)[C@@H](O)[C@@H]1O. The third-order valence-electron chi connectivity index (χ3n) is 5.71. The second kappa shape index (κ2) is 8.11. The molecule has 2 aliphatic rings. The first-order valence-corrected chi connectivity index (χ1v) is 10.0. The highest BCUT2D eigenvalue weighted by Crippen LogP contribution is 2.40. The molecule has 0 amide bonds. The Morgan fingerprint density at radius 3 is 2.21 bits per heavy atom. The lowest BCUT2D eigenvalue weighted by Gasteiger charge is -2.40. The number of aliphatic hydroxyl groups excluding tert-OH is 4.